The van der Waals surface area contributed by atoms with E-state index in [1.807, 2.05) is 17.8 Å². The highest BCUT2D eigenvalue weighted by Gasteiger charge is 2.17. The van der Waals surface area contributed by atoms with E-state index in [1.165, 1.54) is 0 Å². The fourth-order valence-corrected chi connectivity index (χ4v) is 1.87. The number of hydrogen-bond acceptors (Lipinski definition) is 3. The highest BCUT2D eigenvalue weighted by Crippen LogP contribution is 2.20. The molecule has 2 N–H and O–H groups in total. The largest absolute Gasteiger partial charge is 0.386 e. The first-order valence-electron chi connectivity index (χ1n) is 6.45. The standard InChI is InChI=1S/C15H19N3O2/c1-15(2,20)12-6-4-5-11(9-12)14(19)17-10-13-16-7-8-18(13)3/h4-9,20H,10H2,1-3H3,(H,17,19). The van der Waals surface area contributed by atoms with Crippen molar-refractivity contribution >= 4 is 5.91 Å². The van der Waals surface area contributed by atoms with Gasteiger partial charge in [-0.1, -0.05) is 12.1 Å². The van der Waals surface area contributed by atoms with Gasteiger partial charge in [0, 0.05) is 25.0 Å². The molecule has 5 heteroatoms. The number of hydrogen-bond donors (Lipinski definition) is 2. The number of amides is 1. The molecule has 0 bridgehead atoms. The second-order valence-electron chi connectivity index (χ2n) is 5.28. The minimum atomic E-state index is -0.962. The van der Waals surface area contributed by atoms with Crippen molar-refractivity contribution in [2.75, 3.05) is 0 Å². The first-order chi connectivity index (χ1) is 9.38. The van der Waals surface area contributed by atoms with Gasteiger partial charge in [0.05, 0.1) is 12.1 Å². The normalized spacial score (nSPS) is 11.4. The number of aromatic nitrogens is 2. The fraction of sp³-hybridized carbons (Fsp3) is 0.333. The highest BCUT2D eigenvalue weighted by molar-refractivity contribution is 5.94. The molecule has 1 heterocycles. The van der Waals surface area contributed by atoms with Crippen molar-refractivity contribution in [2.24, 2.45) is 7.05 Å². The van der Waals surface area contributed by atoms with E-state index in [0.29, 0.717) is 17.7 Å². The average Bonchev–Trinajstić information content (AvgIpc) is 2.81. The summed E-state index contributed by atoms with van der Waals surface area (Å²) in [6, 6.07) is 7.00. The predicted octanol–water partition coefficient (Wildman–Crippen LogP) is 1.58. The molecule has 5 nitrogen and oxygen atoms in total. The third-order valence-corrected chi connectivity index (χ3v) is 3.16. The molecule has 0 saturated heterocycles. The van der Waals surface area contributed by atoms with Crippen LogP contribution in [0.25, 0.3) is 0 Å². The SMILES string of the molecule is Cn1ccnc1CNC(=O)c1cccc(C(C)(C)O)c1. The number of imidazole rings is 1. The third-order valence-electron chi connectivity index (χ3n) is 3.16. The van der Waals surface area contributed by atoms with Gasteiger partial charge in [0.1, 0.15) is 5.82 Å². The van der Waals surface area contributed by atoms with E-state index < -0.39 is 5.60 Å². The van der Waals surface area contributed by atoms with Crippen LogP contribution in [0.15, 0.2) is 36.7 Å². The molecule has 0 saturated carbocycles. The van der Waals surface area contributed by atoms with Gasteiger partial charge in [-0.25, -0.2) is 4.98 Å². The van der Waals surface area contributed by atoms with Gasteiger partial charge in [-0.3, -0.25) is 4.79 Å². The van der Waals surface area contributed by atoms with Gasteiger partial charge in [0.2, 0.25) is 0 Å². The fourth-order valence-electron chi connectivity index (χ4n) is 1.87. The lowest BCUT2D eigenvalue weighted by Gasteiger charge is -2.18. The molecule has 1 aromatic carbocycles. The molecule has 1 amide bonds. The first-order valence-corrected chi connectivity index (χ1v) is 6.45. The van der Waals surface area contributed by atoms with E-state index in [1.54, 1.807) is 44.3 Å². The maximum Gasteiger partial charge on any atom is 0.251 e. The van der Waals surface area contributed by atoms with Gasteiger partial charge in [0.25, 0.3) is 5.91 Å². The monoisotopic (exact) mass is 273 g/mol. The Morgan fingerprint density at radius 2 is 2.20 bits per heavy atom. The molecule has 0 spiro atoms. The van der Waals surface area contributed by atoms with E-state index in [9.17, 15) is 9.90 Å². The quantitative estimate of drug-likeness (QED) is 0.888. The van der Waals surface area contributed by atoms with Gasteiger partial charge < -0.3 is 15.0 Å². The van der Waals surface area contributed by atoms with Crippen LogP contribution in [-0.4, -0.2) is 20.6 Å². The van der Waals surface area contributed by atoms with Crippen LogP contribution in [0.4, 0.5) is 0 Å². The molecule has 0 fully saturated rings. The van der Waals surface area contributed by atoms with Crippen molar-refractivity contribution in [2.45, 2.75) is 26.0 Å². The van der Waals surface area contributed by atoms with Gasteiger partial charge >= 0.3 is 0 Å². The summed E-state index contributed by atoms with van der Waals surface area (Å²) >= 11 is 0. The number of aryl methyl sites for hydroxylation is 1. The Hall–Kier alpha value is -2.14. The number of carbonyl (C=O) groups is 1. The van der Waals surface area contributed by atoms with Gasteiger partial charge in [-0.15, -0.1) is 0 Å². The number of nitrogens with zero attached hydrogens (tertiary/aromatic N) is 2. The molecule has 0 aliphatic carbocycles. The molecule has 1 aromatic heterocycles. The van der Waals surface area contributed by atoms with Crippen molar-refractivity contribution in [3.63, 3.8) is 0 Å². The van der Waals surface area contributed by atoms with E-state index in [-0.39, 0.29) is 5.91 Å². The summed E-state index contributed by atoms with van der Waals surface area (Å²) in [6.45, 7) is 3.75. The van der Waals surface area contributed by atoms with E-state index in [2.05, 4.69) is 10.3 Å². The Morgan fingerprint density at radius 1 is 1.45 bits per heavy atom. The smallest absolute Gasteiger partial charge is 0.251 e. The summed E-state index contributed by atoms with van der Waals surface area (Å²) in [4.78, 5) is 16.2. The zero-order chi connectivity index (χ0) is 14.8. The topological polar surface area (TPSA) is 67.2 Å². The molecule has 0 radical (unpaired) electrons. The lowest BCUT2D eigenvalue weighted by Crippen LogP contribution is -2.25. The van der Waals surface area contributed by atoms with Crippen molar-refractivity contribution in [3.05, 3.63) is 53.6 Å². The summed E-state index contributed by atoms with van der Waals surface area (Å²) in [5.41, 5.74) is 0.275. The summed E-state index contributed by atoms with van der Waals surface area (Å²) in [6.07, 6.45) is 3.52. The van der Waals surface area contributed by atoms with Crippen LogP contribution in [0.5, 0.6) is 0 Å². The average molecular weight is 273 g/mol. The number of carbonyl (C=O) groups excluding carboxylic acids is 1. The third kappa shape index (κ3) is 3.24. The van der Waals surface area contributed by atoms with Gasteiger partial charge in [0.15, 0.2) is 0 Å². The van der Waals surface area contributed by atoms with Crippen LogP contribution in [0.2, 0.25) is 0 Å². The Morgan fingerprint density at radius 3 is 2.80 bits per heavy atom. The van der Waals surface area contributed by atoms with E-state index >= 15 is 0 Å². The number of rotatable bonds is 4. The minimum Gasteiger partial charge on any atom is -0.386 e. The van der Waals surface area contributed by atoms with Crippen LogP contribution in [0.1, 0.15) is 35.6 Å². The molecular weight excluding hydrogens is 254 g/mol. The highest BCUT2D eigenvalue weighted by atomic mass is 16.3. The zero-order valence-electron chi connectivity index (χ0n) is 11.9. The van der Waals surface area contributed by atoms with Crippen LogP contribution in [-0.2, 0) is 19.2 Å². The van der Waals surface area contributed by atoms with Gasteiger partial charge in [-0.05, 0) is 31.5 Å². The molecule has 2 aromatic rings. The van der Waals surface area contributed by atoms with E-state index in [4.69, 9.17) is 0 Å². The van der Waals surface area contributed by atoms with Crippen LogP contribution in [0.3, 0.4) is 0 Å². The second-order valence-corrected chi connectivity index (χ2v) is 5.28. The number of benzene rings is 1. The van der Waals surface area contributed by atoms with Crippen molar-refractivity contribution < 1.29 is 9.90 Å². The van der Waals surface area contributed by atoms with Crippen molar-refractivity contribution in [3.8, 4) is 0 Å². The zero-order valence-corrected chi connectivity index (χ0v) is 11.9. The minimum absolute atomic E-state index is 0.181. The lowest BCUT2D eigenvalue weighted by molar-refractivity contribution is 0.0784. The van der Waals surface area contributed by atoms with Crippen LogP contribution < -0.4 is 5.32 Å². The maximum atomic E-state index is 12.1. The maximum absolute atomic E-state index is 12.1. The van der Waals surface area contributed by atoms with Crippen LogP contribution >= 0.6 is 0 Å². The molecule has 0 aliphatic heterocycles. The van der Waals surface area contributed by atoms with Gasteiger partial charge in [-0.2, -0.15) is 0 Å². The van der Waals surface area contributed by atoms with Crippen molar-refractivity contribution in [1.82, 2.24) is 14.9 Å². The molecule has 0 unspecified atom stereocenters. The summed E-state index contributed by atoms with van der Waals surface area (Å²) in [7, 11) is 1.88. The Labute approximate surface area is 118 Å². The second kappa shape index (κ2) is 5.46. The molecule has 2 rings (SSSR count). The first kappa shape index (κ1) is 14.3. The Kier molecular flexibility index (Phi) is 3.90. The number of nitrogens with one attached hydrogen (secondary N) is 1. The number of aliphatic hydroxyl groups is 1. The van der Waals surface area contributed by atoms with E-state index in [0.717, 1.165) is 5.82 Å². The predicted molar refractivity (Wildman–Crippen MR) is 76.1 cm³/mol. The van der Waals surface area contributed by atoms with Crippen LogP contribution in [0, 0.1) is 0 Å². The van der Waals surface area contributed by atoms with Crippen molar-refractivity contribution in [1.29, 1.82) is 0 Å². The molecular formula is C15H19N3O2. The Bertz CT molecular complexity index is 612. The molecule has 106 valence electrons. The summed E-state index contributed by atoms with van der Waals surface area (Å²) in [5.74, 6) is 0.607. The summed E-state index contributed by atoms with van der Waals surface area (Å²) in [5, 5.41) is 12.8. The lowest BCUT2D eigenvalue weighted by atomic mass is 9.96. The Balaban J connectivity index is 2.08. The molecule has 0 aliphatic rings. The summed E-state index contributed by atoms with van der Waals surface area (Å²) < 4.78 is 1.85. The molecule has 0 atom stereocenters. The molecule has 20 heavy (non-hydrogen) atoms.